The minimum Gasteiger partial charge on any atom is -0.392 e. The van der Waals surface area contributed by atoms with E-state index in [0.29, 0.717) is 3.57 Å². The van der Waals surface area contributed by atoms with Crippen LogP contribution in [0.2, 0.25) is 0 Å². The van der Waals surface area contributed by atoms with Crippen LogP contribution in [0.3, 0.4) is 0 Å². The van der Waals surface area contributed by atoms with Crippen molar-refractivity contribution < 1.29 is 13.9 Å². The number of aliphatic hydroxyl groups excluding tert-OH is 1. The molecule has 0 aliphatic heterocycles. The van der Waals surface area contributed by atoms with Gasteiger partial charge in [0, 0.05) is 9.13 Å². The average molecular weight is 270 g/mol. The summed E-state index contributed by atoms with van der Waals surface area (Å²) in [6.45, 7) is -0.473. The molecule has 0 fully saturated rings. The Kier molecular flexibility index (Phi) is 2.78. The van der Waals surface area contributed by atoms with Gasteiger partial charge >= 0.3 is 0 Å². The van der Waals surface area contributed by atoms with Crippen molar-refractivity contribution in [2.24, 2.45) is 0 Å². The van der Waals surface area contributed by atoms with Crippen LogP contribution in [0, 0.1) is 15.2 Å². The van der Waals surface area contributed by atoms with Gasteiger partial charge in [-0.1, -0.05) is 0 Å². The molecule has 1 N–H and O–H groups in total. The highest BCUT2D eigenvalue weighted by Crippen LogP contribution is 2.16. The Hall–Kier alpha value is -0.230. The van der Waals surface area contributed by atoms with Crippen LogP contribution in [-0.2, 0) is 6.61 Å². The van der Waals surface area contributed by atoms with Crippen LogP contribution in [0.25, 0.3) is 0 Å². The van der Waals surface area contributed by atoms with Gasteiger partial charge in [0.2, 0.25) is 0 Å². The number of hydrogen-bond donors (Lipinski definition) is 1. The first-order valence-corrected chi connectivity index (χ1v) is 3.97. The van der Waals surface area contributed by atoms with Gasteiger partial charge in [-0.2, -0.15) is 0 Å². The Morgan fingerprint density at radius 2 is 2.00 bits per heavy atom. The summed E-state index contributed by atoms with van der Waals surface area (Å²) in [4.78, 5) is 0. The lowest BCUT2D eigenvalue weighted by molar-refractivity contribution is 0.273. The molecule has 0 aliphatic carbocycles. The summed E-state index contributed by atoms with van der Waals surface area (Å²) in [7, 11) is 0. The second-order valence-corrected chi connectivity index (χ2v) is 3.26. The number of hydrogen-bond acceptors (Lipinski definition) is 1. The quantitative estimate of drug-likeness (QED) is 0.611. The molecule has 0 aromatic heterocycles. The molecule has 0 saturated heterocycles. The van der Waals surface area contributed by atoms with E-state index >= 15 is 0 Å². The van der Waals surface area contributed by atoms with Crippen molar-refractivity contribution in [2.75, 3.05) is 0 Å². The molecule has 0 aliphatic rings. The largest absolute Gasteiger partial charge is 0.392 e. The number of halogens is 3. The van der Waals surface area contributed by atoms with E-state index in [2.05, 4.69) is 0 Å². The minimum atomic E-state index is -0.965. The maximum Gasteiger partial charge on any atom is 0.164 e. The van der Waals surface area contributed by atoms with Crippen LogP contribution in [0.15, 0.2) is 12.1 Å². The molecule has 1 rings (SSSR count). The van der Waals surface area contributed by atoms with Crippen LogP contribution in [0.4, 0.5) is 8.78 Å². The maximum atomic E-state index is 12.6. The van der Waals surface area contributed by atoms with E-state index in [-0.39, 0.29) is 5.56 Å². The Morgan fingerprint density at radius 3 is 2.55 bits per heavy atom. The van der Waals surface area contributed by atoms with Crippen molar-refractivity contribution in [1.82, 2.24) is 0 Å². The second-order valence-electron chi connectivity index (χ2n) is 2.02. The minimum absolute atomic E-state index is 0.00519. The maximum absolute atomic E-state index is 12.6. The second kappa shape index (κ2) is 3.44. The summed E-state index contributed by atoms with van der Waals surface area (Å²) in [6, 6.07) is 2.48. The van der Waals surface area contributed by atoms with Crippen molar-refractivity contribution in [3.63, 3.8) is 0 Å². The van der Waals surface area contributed by atoms with Gasteiger partial charge in [-0.15, -0.1) is 0 Å². The van der Waals surface area contributed by atoms with Crippen LogP contribution in [0.1, 0.15) is 5.56 Å². The van der Waals surface area contributed by atoms with Gasteiger partial charge in [-0.05, 0) is 34.7 Å². The molecule has 4 heteroatoms. The molecule has 0 unspecified atom stereocenters. The van der Waals surface area contributed by atoms with Crippen molar-refractivity contribution in [3.05, 3.63) is 32.9 Å². The summed E-state index contributed by atoms with van der Waals surface area (Å²) in [5.41, 5.74) is -0.00519. The fourth-order valence-electron chi connectivity index (χ4n) is 0.724. The lowest BCUT2D eigenvalue weighted by Gasteiger charge is -2.00. The molecular weight excluding hydrogens is 265 g/mol. The van der Waals surface area contributed by atoms with Gasteiger partial charge in [0.15, 0.2) is 11.6 Å². The Morgan fingerprint density at radius 1 is 1.36 bits per heavy atom. The third-order valence-corrected chi connectivity index (χ3v) is 1.86. The van der Waals surface area contributed by atoms with Gasteiger partial charge in [0.25, 0.3) is 0 Å². The summed E-state index contributed by atoms with van der Waals surface area (Å²) in [5, 5.41) is 8.56. The first-order valence-electron chi connectivity index (χ1n) is 2.89. The number of benzene rings is 1. The van der Waals surface area contributed by atoms with E-state index in [1.165, 1.54) is 6.07 Å². The summed E-state index contributed by atoms with van der Waals surface area (Å²) in [6.07, 6.45) is 0. The van der Waals surface area contributed by atoms with Crippen molar-refractivity contribution in [3.8, 4) is 0 Å². The average Bonchev–Trinajstić information content (AvgIpc) is 1.96. The third kappa shape index (κ3) is 1.87. The van der Waals surface area contributed by atoms with Crippen LogP contribution in [-0.4, -0.2) is 5.11 Å². The van der Waals surface area contributed by atoms with E-state index in [9.17, 15) is 8.78 Å². The van der Waals surface area contributed by atoms with Crippen molar-refractivity contribution in [1.29, 1.82) is 0 Å². The fourth-order valence-corrected chi connectivity index (χ4v) is 1.37. The topological polar surface area (TPSA) is 20.2 Å². The van der Waals surface area contributed by atoms with Crippen LogP contribution < -0.4 is 0 Å². The first kappa shape index (κ1) is 8.86. The summed E-state index contributed by atoms with van der Waals surface area (Å²) >= 11 is 1.85. The Balaban J connectivity index is 3.24. The molecule has 0 amide bonds. The third-order valence-electron chi connectivity index (χ3n) is 1.24. The lowest BCUT2D eigenvalue weighted by atomic mass is 10.2. The molecule has 0 heterocycles. The molecule has 0 atom stereocenters. The number of rotatable bonds is 1. The van der Waals surface area contributed by atoms with Crippen LogP contribution >= 0.6 is 22.6 Å². The standard InChI is InChI=1S/C7H5F2IO/c8-6-2-5(10)1-4(3-11)7(6)9/h1-2,11H,3H2. The van der Waals surface area contributed by atoms with Gasteiger partial charge in [-0.25, -0.2) is 8.78 Å². The van der Waals surface area contributed by atoms with Gasteiger partial charge < -0.3 is 5.11 Å². The summed E-state index contributed by atoms with van der Waals surface area (Å²) < 4.78 is 25.8. The van der Waals surface area contributed by atoms with Gasteiger partial charge in [0.05, 0.1) is 6.61 Å². The van der Waals surface area contributed by atoms with E-state index in [4.69, 9.17) is 5.11 Å². The Bertz CT molecular complexity index is 275. The monoisotopic (exact) mass is 270 g/mol. The highest BCUT2D eigenvalue weighted by Gasteiger charge is 2.07. The molecule has 0 radical (unpaired) electrons. The zero-order chi connectivity index (χ0) is 8.43. The molecule has 11 heavy (non-hydrogen) atoms. The normalized spacial score (nSPS) is 10.2. The molecule has 0 saturated carbocycles. The lowest BCUT2D eigenvalue weighted by Crippen LogP contribution is -1.94. The molecule has 1 aromatic carbocycles. The highest BCUT2D eigenvalue weighted by molar-refractivity contribution is 14.1. The smallest absolute Gasteiger partial charge is 0.164 e. The molecule has 0 spiro atoms. The SMILES string of the molecule is OCc1cc(I)cc(F)c1F. The molecule has 1 aromatic rings. The molecule has 1 nitrogen and oxygen atoms in total. The Labute approximate surface area is 76.2 Å². The predicted molar refractivity (Wildman–Crippen MR) is 45.0 cm³/mol. The molecule has 0 bridgehead atoms. The fraction of sp³-hybridized carbons (Fsp3) is 0.143. The molecule has 60 valence electrons. The summed E-state index contributed by atoms with van der Waals surface area (Å²) in [5.74, 6) is -1.88. The molecular formula is C7H5F2IO. The van der Waals surface area contributed by atoms with E-state index in [0.717, 1.165) is 6.07 Å². The number of aliphatic hydroxyl groups is 1. The van der Waals surface area contributed by atoms with E-state index in [1.54, 1.807) is 0 Å². The zero-order valence-corrected chi connectivity index (χ0v) is 7.60. The van der Waals surface area contributed by atoms with Crippen molar-refractivity contribution in [2.45, 2.75) is 6.61 Å². The first-order chi connectivity index (χ1) is 5.15. The van der Waals surface area contributed by atoms with E-state index in [1.807, 2.05) is 22.6 Å². The van der Waals surface area contributed by atoms with Crippen LogP contribution in [0.5, 0.6) is 0 Å². The van der Waals surface area contributed by atoms with E-state index < -0.39 is 18.2 Å². The van der Waals surface area contributed by atoms with Gasteiger partial charge in [-0.3, -0.25) is 0 Å². The predicted octanol–water partition coefficient (Wildman–Crippen LogP) is 2.06. The highest BCUT2D eigenvalue weighted by atomic mass is 127. The van der Waals surface area contributed by atoms with Crippen molar-refractivity contribution >= 4 is 22.6 Å². The van der Waals surface area contributed by atoms with Gasteiger partial charge in [0.1, 0.15) is 0 Å². The zero-order valence-electron chi connectivity index (χ0n) is 5.44.